The van der Waals surface area contributed by atoms with Crippen LogP contribution in [0.25, 0.3) is 0 Å². The molecule has 0 aromatic carbocycles. The molecule has 1 aromatic heterocycles. The van der Waals surface area contributed by atoms with Gasteiger partial charge in [-0.3, -0.25) is 4.90 Å². The predicted octanol–water partition coefficient (Wildman–Crippen LogP) is 1.50. The molecule has 1 aliphatic rings. The van der Waals surface area contributed by atoms with Gasteiger partial charge >= 0.3 is 0 Å². The molecule has 0 aliphatic carbocycles. The van der Waals surface area contributed by atoms with Crippen LogP contribution in [0.2, 0.25) is 0 Å². The Hall–Kier alpha value is -0.800. The van der Waals surface area contributed by atoms with E-state index in [0.29, 0.717) is 12.1 Å². The summed E-state index contributed by atoms with van der Waals surface area (Å²) in [6.07, 6.45) is 4.38. The molecule has 2 rings (SSSR count). The molecule has 3 heteroatoms. The van der Waals surface area contributed by atoms with Crippen LogP contribution in [0.3, 0.4) is 0 Å². The summed E-state index contributed by atoms with van der Waals surface area (Å²) in [5, 5.41) is 0. The van der Waals surface area contributed by atoms with E-state index in [2.05, 4.69) is 28.9 Å². The van der Waals surface area contributed by atoms with Gasteiger partial charge in [0.25, 0.3) is 0 Å². The highest BCUT2D eigenvalue weighted by molar-refractivity contribution is 5.08. The molecule has 1 saturated heterocycles. The standard InChI is InChI=1S/C11H19N3/c1-9(11-5-2-6-13-11)14-7-3-4-10(12)8-14/h2,5-6,9-10,13H,3-4,7-8,12H2,1H3/t9-,10+/m0/s1. The SMILES string of the molecule is C[C@@H](c1ccc[nH]1)N1CCC[C@@H](N)C1. The number of likely N-dealkylation sites (tertiary alicyclic amines) is 1. The molecular formula is C11H19N3. The Morgan fingerprint density at radius 2 is 2.50 bits per heavy atom. The maximum atomic E-state index is 5.96. The lowest BCUT2D eigenvalue weighted by molar-refractivity contribution is 0.157. The lowest BCUT2D eigenvalue weighted by atomic mass is 10.0. The Bertz CT molecular complexity index is 268. The summed E-state index contributed by atoms with van der Waals surface area (Å²) in [6, 6.07) is 5.03. The van der Waals surface area contributed by atoms with Crippen LogP contribution in [0, 0.1) is 0 Å². The number of nitrogens with two attached hydrogens (primary N) is 1. The highest BCUT2D eigenvalue weighted by atomic mass is 15.2. The largest absolute Gasteiger partial charge is 0.364 e. The van der Waals surface area contributed by atoms with E-state index < -0.39 is 0 Å². The molecule has 1 fully saturated rings. The summed E-state index contributed by atoms with van der Waals surface area (Å²) in [4.78, 5) is 5.72. The Balaban J connectivity index is 2.00. The summed E-state index contributed by atoms with van der Waals surface area (Å²) < 4.78 is 0. The minimum atomic E-state index is 0.362. The minimum Gasteiger partial charge on any atom is -0.364 e. The normalized spacial score (nSPS) is 26.3. The number of aromatic amines is 1. The third-order valence-corrected chi connectivity index (χ3v) is 3.11. The Morgan fingerprint density at radius 3 is 3.14 bits per heavy atom. The van der Waals surface area contributed by atoms with Gasteiger partial charge in [-0.05, 0) is 38.4 Å². The average molecular weight is 193 g/mol. The zero-order valence-electron chi connectivity index (χ0n) is 8.74. The van der Waals surface area contributed by atoms with Crippen LogP contribution in [0.15, 0.2) is 18.3 Å². The summed E-state index contributed by atoms with van der Waals surface area (Å²) in [5.41, 5.74) is 7.26. The van der Waals surface area contributed by atoms with Gasteiger partial charge in [0.05, 0.1) is 0 Å². The van der Waals surface area contributed by atoms with E-state index in [0.717, 1.165) is 6.54 Å². The van der Waals surface area contributed by atoms with Gasteiger partial charge in [-0.15, -0.1) is 0 Å². The Labute approximate surface area is 85.3 Å². The lowest BCUT2D eigenvalue weighted by Gasteiger charge is -2.34. The monoisotopic (exact) mass is 193 g/mol. The van der Waals surface area contributed by atoms with Gasteiger partial charge < -0.3 is 10.7 Å². The number of nitrogens with zero attached hydrogens (tertiary/aromatic N) is 1. The van der Waals surface area contributed by atoms with E-state index in [1.807, 2.05) is 6.20 Å². The molecule has 1 aromatic rings. The molecule has 1 aliphatic heterocycles. The average Bonchev–Trinajstić information content (AvgIpc) is 2.69. The van der Waals surface area contributed by atoms with Gasteiger partial charge in [0.15, 0.2) is 0 Å². The maximum Gasteiger partial charge on any atom is 0.0470 e. The predicted molar refractivity (Wildman–Crippen MR) is 58.0 cm³/mol. The summed E-state index contributed by atoms with van der Waals surface area (Å²) in [7, 11) is 0. The van der Waals surface area contributed by atoms with Crippen LogP contribution >= 0.6 is 0 Å². The fourth-order valence-electron chi connectivity index (χ4n) is 2.19. The Morgan fingerprint density at radius 1 is 1.64 bits per heavy atom. The molecule has 0 unspecified atom stereocenters. The number of hydrogen-bond donors (Lipinski definition) is 2. The number of hydrogen-bond acceptors (Lipinski definition) is 2. The summed E-state index contributed by atoms with van der Waals surface area (Å²) in [5.74, 6) is 0. The second kappa shape index (κ2) is 4.15. The first-order valence-electron chi connectivity index (χ1n) is 5.40. The maximum absolute atomic E-state index is 5.96. The molecule has 78 valence electrons. The van der Waals surface area contributed by atoms with E-state index in [4.69, 9.17) is 5.73 Å². The molecule has 0 saturated carbocycles. The van der Waals surface area contributed by atoms with Gasteiger partial charge in [-0.25, -0.2) is 0 Å². The van der Waals surface area contributed by atoms with Crippen molar-refractivity contribution in [2.45, 2.75) is 31.8 Å². The number of nitrogens with one attached hydrogen (secondary N) is 1. The van der Waals surface area contributed by atoms with Crippen molar-refractivity contribution in [3.05, 3.63) is 24.0 Å². The van der Waals surface area contributed by atoms with Crippen molar-refractivity contribution in [2.75, 3.05) is 13.1 Å². The van der Waals surface area contributed by atoms with Crippen LogP contribution in [0.1, 0.15) is 31.5 Å². The van der Waals surface area contributed by atoms with Crippen LogP contribution in [0.5, 0.6) is 0 Å². The van der Waals surface area contributed by atoms with Gasteiger partial charge in [0.2, 0.25) is 0 Å². The molecule has 3 nitrogen and oxygen atoms in total. The van der Waals surface area contributed by atoms with Gasteiger partial charge in [0, 0.05) is 30.5 Å². The Kier molecular flexibility index (Phi) is 2.89. The van der Waals surface area contributed by atoms with Gasteiger partial charge in [0.1, 0.15) is 0 Å². The second-order valence-corrected chi connectivity index (χ2v) is 4.20. The third kappa shape index (κ3) is 1.99. The highest BCUT2D eigenvalue weighted by Gasteiger charge is 2.22. The lowest BCUT2D eigenvalue weighted by Crippen LogP contribution is -2.43. The first kappa shape index (κ1) is 9.74. The van der Waals surface area contributed by atoms with Gasteiger partial charge in [-0.2, -0.15) is 0 Å². The van der Waals surface area contributed by atoms with E-state index in [9.17, 15) is 0 Å². The van der Waals surface area contributed by atoms with Crippen LogP contribution in [-0.4, -0.2) is 29.0 Å². The fourth-order valence-corrected chi connectivity index (χ4v) is 2.19. The number of piperidine rings is 1. The van der Waals surface area contributed by atoms with Crippen molar-refractivity contribution < 1.29 is 0 Å². The molecule has 14 heavy (non-hydrogen) atoms. The van der Waals surface area contributed by atoms with Crippen LogP contribution in [-0.2, 0) is 0 Å². The molecular weight excluding hydrogens is 174 g/mol. The fraction of sp³-hybridized carbons (Fsp3) is 0.636. The zero-order valence-corrected chi connectivity index (χ0v) is 8.74. The second-order valence-electron chi connectivity index (χ2n) is 4.20. The molecule has 2 heterocycles. The van der Waals surface area contributed by atoms with Crippen LogP contribution in [0.4, 0.5) is 0 Å². The molecule has 0 radical (unpaired) electrons. The van der Waals surface area contributed by atoms with E-state index in [1.54, 1.807) is 0 Å². The molecule has 0 spiro atoms. The summed E-state index contributed by atoms with van der Waals surface area (Å²) in [6.45, 7) is 4.44. The smallest absolute Gasteiger partial charge is 0.0470 e. The van der Waals surface area contributed by atoms with Crippen molar-refractivity contribution in [1.82, 2.24) is 9.88 Å². The zero-order chi connectivity index (χ0) is 9.97. The van der Waals surface area contributed by atoms with Crippen molar-refractivity contribution in [3.63, 3.8) is 0 Å². The quantitative estimate of drug-likeness (QED) is 0.747. The molecule has 3 N–H and O–H groups in total. The molecule has 0 bridgehead atoms. The highest BCUT2D eigenvalue weighted by Crippen LogP contribution is 2.22. The third-order valence-electron chi connectivity index (χ3n) is 3.11. The number of H-pyrrole nitrogens is 1. The van der Waals surface area contributed by atoms with Crippen molar-refractivity contribution in [1.29, 1.82) is 0 Å². The van der Waals surface area contributed by atoms with E-state index >= 15 is 0 Å². The number of aromatic nitrogens is 1. The van der Waals surface area contributed by atoms with E-state index in [-0.39, 0.29) is 0 Å². The molecule has 2 atom stereocenters. The van der Waals surface area contributed by atoms with Crippen molar-refractivity contribution >= 4 is 0 Å². The van der Waals surface area contributed by atoms with Crippen molar-refractivity contribution in [3.8, 4) is 0 Å². The summed E-state index contributed by atoms with van der Waals surface area (Å²) >= 11 is 0. The van der Waals surface area contributed by atoms with E-state index in [1.165, 1.54) is 25.1 Å². The number of rotatable bonds is 2. The van der Waals surface area contributed by atoms with Crippen LogP contribution < -0.4 is 5.73 Å². The molecule has 0 amide bonds. The van der Waals surface area contributed by atoms with Gasteiger partial charge in [-0.1, -0.05) is 0 Å². The van der Waals surface area contributed by atoms with Crippen molar-refractivity contribution in [2.24, 2.45) is 5.73 Å². The first-order chi connectivity index (χ1) is 6.77. The topological polar surface area (TPSA) is 45.0 Å². The minimum absolute atomic E-state index is 0.362. The first-order valence-corrected chi connectivity index (χ1v) is 5.40.